The number of amides is 3. The van der Waals surface area contributed by atoms with Crippen molar-refractivity contribution in [3.05, 3.63) is 66.2 Å². The Morgan fingerprint density at radius 1 is 1.05 bits per heavy atom. The number of carbonyl (C=O) groups is 3. The summed E-state index contributed by atoms with van der Waals surface area (Å²) < 4.78 is 6.65. The third-order valence-electron chi connectivity index (χ3n) is 8.67. The van der Waals surface area contributed by atoms with E-state index in [-0.39, 0.29) is 34.6 Å². The lowest BCUT2D eigenvalue weighted by molar-refractivity contribution is -0.145. The fraction of sp³-hybridized carbons (Fsp3) is 0.545. The molecule has 1 spiro atoms. The first-order valence-electron chi connectivity index (χ1n) is 14.7. The molecule has 7 atom stereocenters. The second-order valence-electron chi connectivity index (χ2n) is 13.9. The Balaban J connectivity index is 1.54. The normalized spacial score (nSPS) is 29.4. The molecule has 2 aromatic carbocycles. The van der Waals surface area contributed by atoms with Crippen molar-refractivity contribution in [2.75, 3.05) is 11.9 Å². The maximum atomic E-state index is 14.5. The number of aliphatic hydroxyl groups excluding tert-OH is 1. The number of likely N-dealkylation sites (tertiary alicyclic amines) is 1. The number of benzene rings is 2. The highest BCUT2D eigenvalue weighted by molar-refractivity contribution is 9.09. The van der Waals surface area contributed by atoms with Gasteiger partial charge in [0, 0.05) is 16.1 Å². The van der Waals surface area contributed by atoms with Crippen LogP contribution in [-0.4, -0.2) is 68.5 Å². The van der Waals surface area contributed by atoms with E-state index in [1.54, 1.807) is 12.1 Å². The van der Waals surface area contributed by atoms with Crippen LogP contribution in [0, 0.1) is 17.3 Å². The van der Waals surface area contributed by atoms with Crippen molar-refractivity contribution in [3.8, 4) is 0 Å². The number of halogens is 1. The number of rotatable bonds is 9. The van der Waals surface area contributed by atoms with E-state index in [4.69, 9.17) is 4.74 Å². The van der Waals surface area contributed by atoms with Gasteiger partial charge in [0.15, 0.2) is 0 Å². The van der Waals surface area contributed by atoms with Crippen LogP contribution in [0.3, 0.4) is 0 Å². The molecular weight excluding hydrogens is 598 g/mol. The van der Waals surface area contributed by atoms with Crippen LogP contribution in [0.5, 0.6) is 0 Å². The van der Waals surface area contributed by atoms with Crippen LogP contribution in [0.15, 0.2) is 60.7 Å². The summed E-state index contributed by atoms with van der Waals surface area (Å²) >= 11 is 3.73. The lowest BCUT2D eigenvalue weighted by Gasteiger charge is -2.40. The molecule has 3 fully saturated rings. The summed E-state index contributed by atoms with van der Waals surface area (Å²) in [6.07, 6.45) is 0.914. The van der Waals surface area contributed by atoms with Crippen LogP contribution in [0.1, 0.15) is 53.0 Å². The fourth-order valence-corrected chi connectivity index (χ4v) is 8.66. The Morgan fingerprint density at radius 2 is 1.67 bits per heavy atom. The molecule has 0 saturated carbocycles. The van der Waals surface area contributed by atoms with Crippen molar-refractivity contribution in [2.24, 2.45) is 17.3 Å². The zero-order chi connectivity index (χ0) is 30.4. The first kappa shape index (κ1) is 30.7. The molecule has 3 aliphatic heterocycles. The summed E-state index contributed by atoms with van der Waals surface area (Å²) in [4.78, 5) is 44.0. The van der Waals surface area contributed by atoms with Crippen LogP contribution in [0.2, 0.25) is 0 Å². The van der Waals surface area contributed by atoms with E-state index in [0.29, 0.717) is 24.9 Å². The van der Waals surface area contributed by atoms with E-state index in [1.807, 2.05) is 62.4 Å². The molecule has 3 unspecified atom stereocenters. The Hall–Kier alpha value is -2.75. The van der Waals surface area contributed by atoms with E-state index in [2.05, 4.69) is 47.3 Å². The van der Waals surface area contributed by atoms with Crippen molar-refractivity contribution in [3.63, 3.8) is 0 Å². The van der Waals surface area contributed by atoms with E-state index in [0.717, 1.165) is 5.56 Å². The summed E-state index contributed by atoms with van der Waals surface area (Å²) in [6, 6.07) is 17.1. The fourth-order valence-electron chi connectivity index (χ4n) is 7.72. The van der Waals surface area contributed by atoms with Crippen LogP contribution in [0.4, 0.5) is 5.69 Å². The molecule has 3 amide bonds. The van der Waals surface area contributed by atoms with Gasteiger partial charge in [-0.25, -0.2) is 0 Å². The average molecular weight is 641 g/mol. The van der Waals surface area contributed by atoms with Gasteiger partial charge in [-0.1, -0.05) is 85.2 Å². The topological polar surface area (TPSA) is 108 Å². The molecule has 0 aromatic heterocycles. The molecule has 0 radical (unpaired) electrons. The Labute approximate surface area is 256 Å². The summed E-state index contributed by atoms with van der Waals surface area (Å²) in [5, 5.41) is 16.8. The molecular formula is C33H42BrN3O5. The predicted octanol–water partition coefficient (Wildman–Crippen LogP) is 4.31. The lowest BCUT2D eigenvalue weighted by Crippen LogP contribution is -2.61. The number of para-hydroxylation sites is 1. The third-order valence-corrected chi connectivity index (χ3v) is 9.52. The van der Waals surface area contributed by atoms with Gasteiger partial charge >= 0.3 is 0 Å². The highest BCUT2D eigenvalue weighted by Gasteiger charge is 2.77. The molecule has 3 N–H and O–H groups in total. The number of ether oxygens (including phenoxy) is 1. The van der Waals surface area contributed by atoms with E-state index >= 15 is 0 Å². The van der Waals surface area contributed by atoms with Gasteiger partial charge in [-0.15, -0.1) is 0 Å². The number of hydrogen-bond acceptors (Lipinski definition) is 5. The SMILES string of the molecule is CC(C)(C)CC(C)(C)NC(=O)C1N([C@@H](CO)Cc2ccccc2)C(=O)[C@@H]2[C@H](C(=O)Nc3ccccc3)[C@H]3OC12CC3Br. The van der Waals surface area contributed by atoms with Gasteiger partial charge in [-0.3, -0.25) is 14.4 Å². The molecule has 2 aromatic rings. The highest BCUT2D eigenvalue weighted by atomic mass is 79.9. The summed E-state index contributed by atoms with van der Waals surface area (Å²) in [5.74, 6) is -2.61. The zero-order valence-corrected chi connectivity index (χ0v) is 26.6. The largest absolute Gasteiger partial charge is 0.394 e. The molecule has 3 heterocycles. The molecule has 226 valence electrons. The average Bonchev–Trinajstić information content (AvgIpc) is 3.50. The van der Waals surface area contributed by atoms with E-state index in [1.165, 1.54) is 4.90 Å². The first-order chi connectivity index (χ1) is 19.8. The second kappa shape index (κ2) is 11.4. The van der Waals surface area contributed by atoms with Gasteiger partial charge in [0.25, 0.3) is 0 Å². The third kappa shape index (κ3) is 5.75. The van der Waals surface area contributed by atoms with Crippen molar-refractivity contribution in [2.45, 2.75) is 88.0 Å². The minimum atomic E-state index is -1.21. The smallest absolute Gasteiger partial charge is 0.246 e. The van der Waals surface area contributed by atoms with Gasteiger partial charge in [-0.05, 0) is 56.2 Å². The zero-order valence-electron chi connectivity index (χ0n) is 25.0. The Morgan fingerprint density at radius 3 is 2.26 bits per heavy atom. The summed E-state index contributed by atoms with van der Waals surface area (Å²) in [6.45, 7) is 9.99. The summed E-state index contributed by atoms with van der Waals surface area (Å²) in [5.41, 5.74) is -0.258. The number of hydrogen-bond donors (Lipinski definition) is 3. The molecule has 42 heavy (non-hydrogen) atoms. The Kier molecular flexibility index (Phi) is 8.33. The van der Waals surface area contributed by atoms with Gasteiger partial charge in [-0.2, -0.15) is 0 Å². The summed E-state index contributed by atoms with van der Waals surface area (Å²) in [7, 11) is 0. The maximum Gasteiger partial charge on any atom is 0.246 e. The number of nitrogens with one attached hydrogen (secondary N) is 2. The number of alkyl halides is 1. The van der Waals surface area contributed by atoms with Crippen molar-refractivity contribution in [1.82, 2.24) is 10.2 Å². The second-order valence-corrected chi connectivity index (χ2v) is 15.1. The molecule has 8 nitrogen and oxygen atoms in total. The standard InChI is InChI=1S/C33H42BrN3O5/c1-31(2,3)19-32(4,5)36-29(40)27-33-17-23(34)26(42-33)24(28(39)35-21-14-10-7-11-15-21)25(33)30(41)37(27)22(18-38)16-20-12-8-6-9-13-20/h6-15,22-27,38H,16-19H2,1-5H3,(H,35,39)(H,36,40)/t22-,23?,24+,25+,26+,27?,33?/m1/s1. The lowest BCUT2D eigenvalue weighted by atomic mass is 9.70. The first-order valence-corrected chi connectivity index (χ1v) is 15.6. The van der Waals surface area contributed by atoms with E-state index in [9.17, 15) is 19.5 Å². The molecule has 3 saturated heterocycles. The van der Waals surface area contributed by atoms with Gasteiger partial charge in [0.05, 0.1) is 30.6 Å². The molecule has 0 aliphatic carbocycles. The Bertz CT molecular complexity index is 1310. The quantitative estimate of drug-likeness (QED) is 0.355. The van der Waals surface area contributed by atoms with Crippen LogP contribution in [-0.2, 0) is 25.5 Å². The van der Waals surface area contributed by atoms with Crippen molar-refractivity contribution in [1.29, 1.82) is 0 Å². The number of fused-ring (bicyclic) bond motifs is 1. The molecule has 5 rings (SSSR count). The van der Waals surface area contributed by atoms with Gasteiger partial charge in [0.2, 0.25) is 17.7 Å². The molecule has 3 aliphatic rings. The maximum absolute atomic E-state index is 14.5. The highest BCUT2D eigenvalue weighted by Crippen LogP contribution is 2.60. The van der Waals surface area contributed by atoms with Crippen molar-refractivity contribution < 1.29 is 24.2 Å². The van der Waals surface area contributed by atoms with Crippen LogP contribution < -0.4 is 10.6 Å². The van der Waals surface area contributed by atoms with Gasteiger partial charge in [0.1, 0.15) is 11.6 Å². The number of aliphatic hydroxyl groups is 1. The monoisotopic (exact) mass is 639 g/mol. The number of anilines is 1. The van der Waals surface area contributed by atoms with E-state index < -0.39 is 41.2 Å². The van der Waals surface area contributed by atoms with Gasteiger partial charge < -0.3 is 25.4 Å². The predicted molar refractivity (Wildman–Crippen MR) is 165 cm³/mol. The minimum Gasteiger partial charge on any atom is -0.394 e. The number of nitrogens with zero attached hydrogens (tertiary/aromatic N) is 1. The van der Waals surface area contributed by atoms with Crippen LogP contribution in [0.25, 0.3) is 0 Å². The molecule has 2 bridgehead atoms. The van der Waals surface area contributed by atoms with Crippen LogP contribution >= 0.6 is 15.9 Å². The number of carbonyl (C=O) groups excluding carboxylic acids is 3. The van der Waals surface area contributed by atoms with Crippen molar-refractivity contribution >= 4 is 39.3 Å². The molecule has 9 heteroatoms. The minimum absolute atomic E-state index is 0.0480.